The number of hydrogen-bond acceptors (Lipinski definition) is 4. The molecule has 0 radical (unpaired) electrons. The number of unbranched alkanes of at least 4 members (excludes halogenated alkanes) is 1. The zero-order chi connectivity index (χ0) is 21.8. The van der Waals surface area contributed by atoms with Crippen molar-refractivity contribution >= 4 is 17.8 Å². The van der Waals surface area contributed by atoms with Crippen LogP contribution in [0, 0.1) is 0 Å². The first-order valence-corrected chi connectivity index (χ1v) is 9.59. The summed E-state index contributed by atoms with van der Waals surface area (Å²) in [5.74, 6) is -1.91. The Kier molecular flexibility index (Phi) is 9.44. The predicted octanol–water partition coefficient (Wildman–Crippen LogP) is 3.72. The lowest BCUT2D eigenvalue weighted by Gasteiger charge is -2.17. The van der Waals surface area contributed by atoms with Crippen LogP contribution >= 0.6 is 0 Å². The molecule has 2 rings (SSSR count). The highest BCUT2D eigenvalue weighted by Gasteiger charge is 2.27. The van der Waals surface area contributed by atoms with Gasteiger partial charge in [0.15, 0.2) is 0 Å². The molecule has 2 N–H and O–H groups in total. The first-order valence-electron chi connectivity index (χ1n) is 9.59. The fraction of sp³-hybridized carbons (Fsp3) is 0.318. The van der Waals surface area contributed by atoms with E-state index in [0.29, 0.717) is 12.8 Å². The van der Waals surface area contributed by atoms with E-state index in [1.54, 1.807) is 18.2 Å². The maximum atomic E-state index is 12.9. The van der Waals surface area contributed by atoms with Gasteiger partial charge >= 0.3 is 6.09 Å². The zero-order valence-electron chi connectivity index (χ0n) is 16.4. The second-order valence-electron chi connectivity index (χ2n) is 6.58. The zero-order valence-corrected chi connectivity index (χ0v) is 16.4. The van der Waals surface area contributed by atoms with Crippen LogP contribution in [0.15, 0.2) is 60.7 Å². The summed E-state index contributed by atoms with van der Waals surface area (Å²) in [5.41, 5.74) is 1.14. The van der Waals surface area contributed by atoms with E-state index >= 15 is 0 Å². The Labute approximate surface area is 173 Å². The van der Waals surface area contributed by atoms with Gasteiger partial charge in [-0.2, -0.15) is 0 Å². The molecule has 0 aliphatic rings. The van der Waals surface area contributed by atoms with Gasteiger partial charge in [0.1, 0.15) is 6.61 Å². The lowest BCUT2D eigenvalue weighted by molar-refractivity contribution is -0.131. The minimum atomic E-state index is -3.17. The van der Waals surface area contributed by atoms with Crippen molar-refractivity contribution in [1.82, 2.24) is 10.6 Å². The average Bonchev–Trinajstić information content (AvgIpc) is 2.77. The molecule has 30 heavy (non-hydrogen) atoms. The Bertz CT molecular complexity index is 816. The molecule has 0 saturated carbocycles. The number of ketones is 1. The molecule has 2 aromatic carbocycles. The molecule has 0 aliphatic carbocycles. The topological polar surface area (TPSA) is 84.5 Å². The molecule has 6 nitrogen and oxygen atoms in total. The van der Waals surface area contributed by atoms with Crippen LogP contribution in [0.3, 0.4) is 0 Å². The Morgan fingerprint density at radius 2 is 1.53 bits per heavy atom. The van der Waals surface area contributed by atoms with Crippen molar-refractivity contribution in [3.8, 4) is 0 Å². The maximum absolute atomic E-state index is 12.9. The van der Waals surface area contributed by atoms with Gasteiger partial charge in [0.2, 0.25) is 5.78 Å². The van der Waals surface area contributed by atoms with Crippen LogP contribution in [0.2, 0.25) is 0 Å². The second-order valence-corrected chi connectivity index (χ2v) is 6.58. The van der Waals surface area contributed by atoms with Gasteiger partial charge in [0.05, 0.1) is 6.04 Å². The van der Waals surface area contributed by atoms with Crippen LogP contribution < -0.4 is 10.6 Å². The molecule has 0 saturated heterocycles. The number of alkyl carbamates (subject to hydrolysis) is 1. The molecule has 2 aromatic rings. The molecule has 2 amide bonds. The summed E-state index contributed by atoms with van der Waals surface area (Å²) in [7, 11) is 0. The Morgan fingerprint density at radius 1 is 0.900 bits per heavy atom. The molecule has 8 heteroatoms. The number of benzene rings is 2. The summed E-state index contributed by atoms with van der Waals surface area (Å²) < 4.78 is 30.8. The number of alkyl halides is 2. The molecular weight excluding hydrogens is 394 g/mol. The SMILES string of the molecule is O=C(NCCCCC(NC(=O)c1ccccc1)C(=O)C(F)F)OCc1ccccc1. The first-order chi connectivity index (χ1) is 14.5. The van der Waals surface area contributed by atoms with Crippen molar-refractivity contribution in [3.05, 3.63) is 71.8 Å². The van der Waals surface area contributed by atoms with Crippen molar-refractivity contribution in [1.29, 1.82) is 0 Å². The van der Waals surface area contributed by atoms with Gasteiger partial charge in [0, 0.05) is 12.1 Å². The summed E-state index contributed by atoms with van der Waals surface area (Å²) in [5, 5.41) is 4.94. The number of rotatable bonds is 11. The number of Topliss-reactive ketones (excluding diaryl/α,β-unsaturated/α-hetero) is 1. The van der Waals surface area contributed by atoms with E-state index in [2.05, 4.69) is 10.6 Å². The summed E-state index contributed by atoms with van der Waals surface area (Å²) in [6.07, 6.45) is -2.91. The molecule has 0 bridgehead atoms. The van der Waals surface area contributed by atoms with Gasteiger partial charge in [-0.3, -0.25) is 9.59 Å². The van der Waals surface area contributed by atoms with Gasteiger partial charge in [-0.05, 0) is 37.0 Å². The number of carbonyl (C=O) groups is 3. The molecule has 1 unspecified atom stereocenters. The van der Waals surface area contributed by atoms with Crippen molar-refractivity contribution in [3.63, 3.8) is 0 Å². The van der Waals surface area contributed by atoms with Gasteiger partial charge in [0.25, 0.3) is 12.3 Å². The molecular formula is C22H24F2N2O4. The Balaban J connectivity index is 1.72. The first kappa shape index (κ1) is 23.0. The summed E-state index contributed by atoms with van der Waals surface area (Å²) in [6, 6.07) is 16.0. The quantitative estimate of drug-likeness (QED) is 0.545. The second kappa shape index (κ2) is 12.3. The van der Waals surface area contributed by atoms with E-state index in [4.69, 9.17) is 4.74 Å². The van der Waals surface area contributed by atoms with Gasteiger partial charge in [-0.15, -0.1) is 0 Å². The number of amides is 2. The van der Waals surface area contributed by atoms with E-state index in [0.717, 1.165) is 5.56 Å². The van der Waals surface area contributed by atoms with Crippen LogP contribution in [0.4, 0.5) is 13.6 Å². The molecule has 0 fully saturated rings. The average molecular weight is 418 g/mol. The third kappa shape index (κ3) is 7.98. The highest BCUT2D eigenvalue weighted by atomic mass is 19.3. The van der Waals surface area contributed by atoms with Gasteiger partial charge < -0.3 is 15.4 Å². The molecule has 0 heterocycles. The van der Waals surface area contributed by atoms with E-state index < -0.39 is 30.3 Å². The van der Waals surface area contributed by atoms with Crippen molar-refractivity contribution in [2.45, 2.75) is 38.3 Å². The number of nitrogens with one attached hydrogen (secondary N) is 2. The summed E-state index contributed by atoms with van der Waals surface area (Å²) >= 11 is 0. The van der Waals surface area contributed by atoms with Crippen LogP contribution in [0.5, 0.6) is 0 Å². The minimum Gasteiger partial charge on any atom is -0.445 e. The summed E-state index contributed by atoms with van der Waals surface area (Å²) in [6.45, 7) is 0.402. The predicted molar refractivity (Wildman–Crippen MR) is 107 cm³/mol. The highest BCUT2D eigenvalue weighted by Crippen LogP contribution is 2.09. The fourth-order valence-corrected chi connectivity index (χ4v) is 2.71. The van der Waals surface area contributed by atoms with Gasteiger partial charge in [-0.25, -0.2) is 13.6 Å². The largest absolute Gasteiger partial charge is 0.445 e. The smallest absolute Gasteiger partial charge is 0.407 e. The lowest BCUT2D eigenvalue weighted by Crippen LogP contribution is -2.43. The van der Waals surface area contributed by atoms with Crippen molar-refractivity contribution < 1.29 is 27.9 Å². The van der Waals surface area contributed by atoms with Gasteiger partial charge in [-0.1, -0.05) is 48.5 Å². The minimum absolute atomic E-state index is 0.0441. The number of hydrogen-bond donors (Lipinski definition) is 2. The molecule has 0 aromatic heterocycles. The van der Waals surface area contributed by atoms with E-state index in [1.165, 1.54) is 12.1 Å². The molecule has 160 valence electrons. The van der Waals surface area contributed by atoms with E-state index in [9.17, 15) is 23.2 Å². The monoisotopic (exact) mass is 418 g/mol. The van der Waals surface area contributed by atoms with Crippen LogP contribution in [0.1, 0.15) is 35.2 Å². The molecule has 1 atom stereocenters. The number of carbonyl (C=O) groups excluding carboxylic acids is 3. The molecule has 0 spiro atoms. The molecule has 0 aliphatic heterocycles. The van der Waals surface area contributed by atoms with Crippen molar-refractivity contribution in [2.24, 2.45) is 0 Å². The van der Waals surface area contributed by atoms with Crippen LogP contribution in [-0.2, 0) is 16.1 Å². The van der Waals surface area contributed by atoms with E-state index in [-0.39, 0.29) is 25.1 Å². The Hall–Kier alpha value is -3.29. The summed E-state index contributed by atoms with van der Waals surface area (Å²) in [4.78, 5) is 35.6. The van der Waals surface area contributed by atoms with Crippen LogP contribution in [-0.4, -0.2) is 36.8 Å². The third-order valence-corrected chi connectivity index (χ3v) is 4.30. The van der Waals surface area contributed by atoms with Crippen molar-refractivity contribution in [2.75, 3.05) is 6.54 Å². The number of ether oxygens (including phenoxy) is 1. The van der Waals surface area contributed by atoms with E-state index in [1.807, 2.05) is 30.3 Å². The lowest BCUT2D eigenvalue weighted by atomic mass is 10.0. The highest BCUT2D eigenvalue weighted by molar-refractivity contribution is 5.98. The maximum Gasteiger partial charge on any atom is 0.407 e. The standard InChI is InChI=1S/C22H24F2N2O4/c23-20(24)19(27)18(26-21(28)17-11-5-2-6-12-17)13-7-8-14-25-22(29)30-15-16-9-3-1-4-10-16/h1-6,9-12,18,20H,7-8,13-15H2,(H,25,29)(H,26,28). The normalized spacial score (nSPS) is 11.6. The fourth-order valence-electron chi connectivity index (χ4n) is 2.71. The van der Waals surface area contributed by atoms with Crippen LogP contribution in [0.25, 0.3) is 0 Å². The Morgan fingerprint density at radius 3 is 2.17 bits per heavy atom. The number of halogens is 2. The third-order valence-electron chi connectivity index (χ3n) is 4.30.